The topological polar surface area (TPSA) is 42.7 Å². The molecule has 1 rings (SSSR count). The van der Waals surface area contributed by atoms with Crippen LogP contribution in [0.3, 0.4) is 0 Å². The first kappa shape index (κ1) is 13.2. The maximum atomic E-state index is 4.32. The van der Waals surface area contributed by atoms with Gasteiger partial charge in [0.05, 0.1) is 0 Å². The molecule has 0 aliphatic carbocycles. The fourth-order valence-corrected chi connectivity index (χ4v) is 1.75. The van der Waals surface area contributed by atoms with Gasteiger partial charge in [-0.15, -0.1) is 0 Å². The Morgan fingerprint density at radius 1 is 1.44 bits per heavy atom. The van der Waals surface area contributed by atoms with Crippen LogP contribution in [-0.4, -0.2) is 27.9 Å². The lowest BCUT2D eigenvalue weighted by Crippen LogP contribution is -2.21. The quantitative estimate of drug-likeness (QED) is 0.733. The maximum absolute atomic E-state index is 4.32. The summed E-state index contributed by atoms with van der Waals surface area (Å²) in [7, 11) is 0. The van der Waals surface area contributed by atoms with Crippen LogP contribution in [0.4, 0.5) is 0 Å². The third kappa shape index (κ3) is 4.31. The van der Waals surface area contributed by atoms with Crippen LogP contribution in [0.5, 0.6) is 0 Å². The molecule has 0 aliphatic rings. The van der Waals surface area contributed by atoms with Gasteiger partial charge in [-0.2, -0.15) is 5.10 Å². The predicted octanol–water partition coefficient (Wildman–Crippen LogP) is 1.87. The molecule has 0 saturated heterocycles. The minimum Gasteiger partial charge on any atom is -0.317 e. The van der Waals surface area contributed by atoms with Crippen LogP contribution in [0, 0.1) is 5.92 Å². The van der Waals surface area contributed by atoms with Crippen LogP contribution in [0.1, 0.15) is 39.4 Å². The molecule has 16 heavy (non-hydrogen) atoms. The fraction of sp³-hybridized carbons (Fsp3) is 0.833. The molecule has 0 bridgehead atoms. The van der Waals surface area contributed by atoms with Crippen LogP contribution in [0.2, 0.25) is 0 Å². The van der Waals surface area contributed by atoms with Gasteiger partial charge < -0.3 is 5.32 Å². The first-order valence-corrected chi connectivity index (χ1v) is 6.35. The Morgan fingerprint density at radius 3 is 2.94 bits per heavy atom. The number of aryl methyl sites for hydroxylation is 2. The highest BCUT2D eigenvalue weighted by Gasteiger charge is 2.06. The van der Waals surface area contributed by atoms with Crippen LogP contribution >= 0.6 is 0 Å². The lowest BCUT2D eigenvalue weighted by atomic mass is 10.1. The molecular formula is C12H24N4. The average molecular weight is 224 g/mol. The van der Waals surface area contributed by atoms with E-state index in [9.17, 15) is 0 Å². The smallest absolute Gasteiger partial charge is 0.138 e. The molecule has 1 unspecified atom stereocenters. The van der Waals surface area contributed by atoms with Crippen molar-refractivity contribution in [2.45, 2.75) is 46.6 Å². The van der Waals surface area contributed by atoms with Gasteiger partial charge in [0.15, 0.2) is 0 Å². The van der Waals surface area contributed by atoms with Crippen molar-refractivity contribution in [1.29, 1.82) is 0 Å². The molecule has 0 spiro atoms. The molecule has 92 valence electrons. The predicted molar refractivity (Wildman–Crippen MR) is 66.3 cm³/mol. The molecular weight excluding hydrogens is 200 g/mol. The van der Waals surface area contributed by atoms with E-state index >= 15 is 0 Å². The molecule has 4 heteroatoms. The maximum Gasteiger partial charge on any atom is 0.138 e. The Morgan fingerprint density at radius 2 is 2.25 bits per heavy atom. The highest BCUT2D eigenvalue weighted by Crippen LogP contribution is 2.07. The van der Waals surface area contributed by atoms with Crippen LogP contribution in [0.15, 0.2) is 6.33 Å². The molecule has 0 fully saturated rings. The van der Waals surface area contributed by atoms with Crippen molar-refractivity contribution < 1.29 is 0 Å². The molecule has 0 saturated carbocycles. The summed E-state index contributed by atoms with van der Waals surface area (Å²) in [4.78, 5) is 4.32. The van der Waals surface area contributed by atoms with E-state index in [1.54, 1.807) is 6.33 Å². The van der Waals surface area contributed by atoms with E-state index in [2.05, 4.69) is 36.2 Å². The van der Waals surface area contributed by atoms with Crippen molar-refractivity contribution in [2.24, 2.45) is 5.92 Å². The molecule has 0 aliphatic heterocycles. The lowest BCUT2D eigenvalue weighted by molar-refractivity contribution is 0.470. The largest absolute Gasteiger partial charge is 0.317 e. The van der Waals surface area contributed by atoms with E-state index in [1.807, 2.05) is 4.68 Å². The summed E-state index contributed by atoms with van der Waals surface area (Å²) >= 11 is 0. The van der Waals surface area contributed by atoms with Crippen molar-refractivity contribution >= 4 is 0 Å². The molecule has 1 aromatic heterocycles. The summed E-state index contributed by atoms with van der Waals surface area (Å²) in [5.41, 5.74) is 0. The summed E-state index contributed by atoms with van der Waals surface area (Å²) in [6.07, 6.45) is 4.99. The second kappa shape index (κ2) is 7.39. The Hall–Kier alpha value is -0.900. The van der Waals surface area contributed by atoms with Crippen molar-refractivity contribution in [1.82, 2.24) is 20.1 Å². The number of rotatable bonds is 8. The van der Waals surface area contributed by atoms with Crippen LogP contribution < -0.4 is 5.32 Å². The van der Waals surface area contributed by atoms with Gasteiger partial charge in [0, 0.05) is 13.0 Å². The molecule has 4 nitrogen and oxygen atoms in total. The number of hydrogen-bond acceptors (Lipinski definition) is 3. The van der Waals surface area contributed by atoms with Gasteiger partial charge in [-0.25, -0.2) is 4.98 Å². The summed E-state index contributed by atoms with van der Waals surface area (Å²) in [5.74, 6) is 1.83. The minimum absolute atomic E-state index is 0.701. The van der Waals surface area contributed by atoms with Gasteiger partial charge in [-0.1, -0.05) is 20.8 Å². The van der Waals surface area contributed by atoms with Crippen molar-refractivity contribution in [2.75, 3.05) is 13.1 Å². The standard InChI is InChI=1S/C12H24N4/c1-4-8-16-12(14-10-15-16)7-6-11(3)9-13-5-2/h10-11,13H,4-9H2,1-3H3. The highest BCUT2D eigenvalue weighted by molar-refractivity contribution is 4.85. The number of nitrogens with one attached hydrogen (secondary N) is 1. The third-order valence-corrected chi connectivity index (χ3v) is 2.73. The van der Waals surface area contributed by atoms with E-state index < -0.39 is 0 Å². The van der Waals surface area contributed by atoms with E-state index in [0.717, 1.165) is 38.3 Å². The number of nitrogens with zero attached hydrogens (tertiary/aromatic N) is 3. The van der Waals surface area contributed by atoms with Gasteiger partial charge in [0.25, 0.3) is 0 Å². The van der Waals surface area contributed by atoms with E-state index in [-0.39, 0.29) is 0 Å². The Kier molecular flexibility index (Phi) is 6.08. The van der Waals surface area contributed by atoms with Crippen LogP contribution in [-0.2, 0) is 13.0 Å². The first-order valence-electron chi connectivity index (χ1n) is 6.35. The van der Waals surface area contributed by atoms with Gasteiger partial charge in [0.2, 0.25) is 0 Å². The fourth-order valence-electron chi connectivity index (χ4n) is 1.75. The Labute approximate surface area is 98.5 Å². The summed E-state index contributed by atoms with van der Waals surface area (Å²) in [6, 6.07) is 0. The zero-order valence-electron chi connectivity index (χ0n) is 10.7. The summed E-state index contributed by atoms with van der Waals surface area (Å²) < 4.78 is 2.03. The van der Waals surface area contributed by atoms with Gasteiger partial charge in [0.1, 0.15) is 12.2 Å². The van der Waals surface area contributed by atoms with Gasteiger partial charge in [-0.3, -0.25) is 4.68 Å². The third-order valence-electron chi connectivity index (χ3n) is 2.73. The normalized spacial score (nSPS) is 12.9. The van der Waals surface area contributed by atoms with Crippen molar-refractivity contribution in [3.63, 3.8) is 0 Å². The van der Waals surface area contributed by atoms with Crippen molar-refractivity contribution in [3.8, 4) is 0 Å². The monoisotopic (exact) mass is 224 g/mol. The minimum atomic E-state index is 0.701. The molecule has 1 heterocycles. The SMILES string of the molecule is CCCn1ncnc1CCC(C)CNCC. The van der Waals surface area contributed by atoms with Crippen molar-refractivity contribution in [3.05, 3.63) is 12.2 Å². The molecule has 1 atom stereocenters. The highest BCUT2D eigenvalue weighted by atomic mass is 15.3. The second-order valence-electron chi connectivity index (χ2n) is 4.35. The zero-order valence-corrected chi connectivity index (χ0v) is 10.7. The number of aromatic nitrogens is 3. The zero-order chi connectivity index (χ0) is 11.8. The average Bonchev–Trinajstić information content (AvgIpc) is 2.72. The lowest BCUT2D eigenvalue weighted by Gasteiger charge is -2.11. The molecule has 1 N–H and O–H groups in total. The Bertz CT molecular complexity index is 282. The molecule has 0 aromatic carbocycles. The molecule has 0 radical (unpaired) electrons. The second-order valence-corrected chi connectivity index (χ2v) is 4.35. The first-order chi connectivity index (χ1) is 7.77. The van der Waals surface area contributed by atoms with E-state index in [1.165, 1.54) is 6.42 Å². The Balaban J connectivity index is 2.32. The van der Waals surface area contributed by atoms with Crippen LogP contribution in [0.25, 0.3) is 0 Å². The van der Waals surface area contributed by atoms with E-state index in [4.69, 9.17) is 0 Å². The molecule has 0 amide bonds. The number of hydrogen-bond donors (Lipinski definition) is 1. The van der Waals surface area contributed by atoms with E-state index in [0.29, 0.717) is 5.92 Å². The van der Waals surface area contributed by atoms with Gasteiger partial charge in [-0.05, 0) is 31.8 Å². The summed E-state index contributed by atoms with van der Waals surface area (Å²) in [6.45, 7) is 9.72. The molecule has 1 aromatic rings. The summed E-state index contributed by atoms with van der Waals surface area (Å²) in [5, 5.41) is 7.61. The van der Waals surface area contributed by atoms with Gasteiger partial charge >= 0.3 is 0 Å².